The van der Waals surface area contributed by atoms with Crippen LogP contribution in [0.15, 0.2) is 0 Å². The highest BCUT2D eigenvalue weighted by atomic mass is 16.0. The first-order valence-corrected chi connectivity index (χ1v) is 2.55. The topological polar surface area (TPSA) is 60.9 Å². The van der Waals surface area contributed by atoms with Crippen molar-refractivity contribution in [2.75, 3.05) is 27.7 Å². The smallest absolute Gasteiger partial charge is 0.0711 e. The monoisotopic (exact) mass is 122 g/mol. The molecule has 0 aromatic rings. The molecule has 54 valence electrons. The quantitative estimate of drug-likeness (QED) is 0.459. The molecule has 8 heavy (non-hydrogen) atoms. The van der Waals surface area contributed by atoms with Crippen LogP contribution < -0.4 is 5.73 Å². The van der Waals surface area contributed by atoms with Crippen molar-refractivity contribution >= 4 is 0 Å². The lowest BCUT2D eigenvalue weighted by molar-refractivity contribution is -0.361. The van der Waals surface area contributed by atoms with E-state index in [0.29, 0.717) is 0 Å². The van der Waals surface area contributed by atoms with Crippen molar-refractivity contribution in [3.8, 4) is 0 Å². The summed E-state index contributed by atoms with van der Waals surface area (Å²) in [6, 6.07) is 0. The summed E-state index contributed by atoms with van der Waals surface area (Å²) in [5.41, 5.74) is 3.49. The molecule has 0 aliphatic heterocycles. The van der Waals surface area contributed by atoms with E-state index >= 15 is 0 Å². The summed E-state index contributed by atoms with van der Waals surface area (Å²) in [6.45, 7) is 3.01. The lowest BCUT2D eigenvalue weighted by atomic mass is 10.8. The van der Waals surface area contributed by atoms with Gasteiger partial charge in [-0.3, -0.25) is 0 Å². The maximum Gasteiger partial charge on any atom is 0.0711 e. The number of rotatable bonds is 0. The fraction of sp³-hybridized carbons (Fsp3) is 1.00. The fourth-order valence-corrected chi connectivity index (χ4v) is 0. The maximum atomic E-state index is 3.49. The van der Waals surface area contributed by atoms with E-state index in [1.807, 2.05) is 33.0 Å². The Morgan fingerprint density at radius 1 is 1.25 bits per heavy atom. The van der Waals surface area contributed by atoms with Gasteiger partial charge in [0.2, 0.25) is 0 Å². The normalized spacial score (nSPS) is 6.75. The standard InChI is InChI=1S/C3H9N.C2H7N.H2O/c1-4(2)3;1-2-3;/h1-3H3;2-3H2,1H3;1H2. The Bertz CT molecular complexity index is 21.6. The molecule has 0 unspecified atom stereocenters. The molecule has 0 bridgehead atoms. The minimum Gasteiger partial charge on any atom is -0.870 e. The molecular formula is C5H18N2O. The molecule has 0 fully saturated rings. The third kappa shape index (κ3) is 9720. The van der Waals surface area contributed by atoms with Crippen LogP contribution in [0.4, 0.5) is 0 Å². The van der Waals surface area contributed by atoms with Gasteiger partial charge < -0.3 is 16.1 Å². The molecule has 0 amide bonds. The van der Waals surface area contributed by atoms with E-state index in [4.69, 9.17) is 0 Å². The summed E-state index contributed by atoms with van der Waals surface area (Å²) in [5, 5.41) is 0. The van der Waals surface area contributed by atoms with Gasteiger partial charge in [-0.25, -0.2) is 0 Å². The minimum absolute atomic E-state index is 0. The van der Waals surface area contributed by atoms with Gasteiger partial charge in [0.1, 0.15) is 0 Å². The molecular weight excluding hydrogens is 104 g/mol. The number of quaternary nitrogens is 1. The zero-order valence-electron chi connectivity index (χ0n) is 6.31. The SMILES string of the molecule is CC[NH3+].CN(C)C.[OH-]. The van der Waals surface area contributed by atoms with Gasteiger partial charge in [0.15, 0.2) is 0 Å². The van der Waals surface area contributed by atoms with Crippen LogP contribution in [0.2, 0.25) is 0 Å². The molecule has 0 rings (SSSR count). The van der Waals surface area contributed by atoms with E-state index in [9.17, 15) is 0 Å². The summed E-state index contributed by atoms with van der Waals surface area (Å²) in [6.07, 6.45) is 0. The molecule has 0 heterocycles. The van der Waals surface area contributed by atoms with Crippen molar-refractivity contribution in [3.63, 3.8) is 0 Å². The Morgan fingerprint density at radius 3 is 1.25 bits per heavy atom. The van der Waals surface area contributed by atoms with E-state index in [2.05, 4.69) is 5.73 Å². The average molecular weight is 122 g/mol. The summed E-state index contributed by atoms with van der Waals surface area (Å²) in [4.78, 5) is 2.00. The number of nitrogens with zero attached hydrogens (tertiary/aromatic N) is 1. The van der Waals surface area contributed by atoms with Crippen molar-refractivity contribution in [2.24, 2.45) is 0 Å². The van der Waals surface area contributed by atoms with Crippen molar-refractivity contribution in [1.82, 2.24) is 4.90 Å². The predicted octanol–water partition coefficient (Wildman–Crippen LogP) is -0.751. The first kappa shape index (κ1) is 15.7. The van der Waals surface area contributed by atoms with Crippen LogP contribution in [0.1, 0.15) is 6.92 Å². The first-order chi connectivity index (χ1) is 3.15. The molecule has 3 nitrogen and oxygen atoms in total. The van der Waals surface area contributed by atoms with Crippen molar-refractivity contribution in [3.05, 3.63) is 0 Å². The van der Waals surface area contributed by atoms with Gasteiger partial charge in [0.25, 0.3) is 0 Å². The van der Waals surface area contributed by atoms with E-state index in [1.54, 1.807) is 0 Å². The third-order valence-electron chi connectivity index (χ3n) is 0. The van der Waals surface area contributed by atoms with E-state index < -0.39 is 0 Å². The molecule has 0 atom stereocenters. The molecule has 0 aromatic heterocycles. The van der Waals surface area contributed by atoms with Crippen LogP contribution in [-0.2, 0) is 0 Å². The second-order valence-electron chi connectivity index (χ2n) is 1.84. The summed E-state index contributed by atoms with van der Waals surface area (Å²) >= 11 is 0. The molecule has 0 spiro atoms. The van der Waals surface area contributed by atoms with Crippen LogP contribution in [0, 0.1) is 0 Å². The van der Waals surface area contributed by atoms with Gasteiger partial charge >= 0.3 is 0 Å². The largest absolute Gasteiger partial charge is 0.870 e. The van der Waals surface area contributed by atoms with E-state index in [0.717, 1.165) is 6.54 Å². The van der Waals surface area contributed by atoms with Gasteiger partial charge in [0.05, 0.1) is 6.54 Å². The molecule has 0 saturated heterocycles. The highest BCUT2D eigenvalue weighted by molar-refractivity contribution is 4.09. The van der Waals surface area contributed by atoms with Gasteiger partial charge in [-0.15, -0.1) is 0 Å². The van der Waals surface area contributed by atoms with Crippen LogP contribution in [0.3, 0.4) is 0 Å². The summed E-state index contributed by atoms with van der Waals surface area (Å²) < 4.78 is 0. The summed E-state index contributed by atoms with van der Waals surface area (Å²) in [5.74, 6) is 0. The van der Waals surface area contributed by atoms with Gasteiger partial charge in [-0.1, -0.05) is 0 Å². The maximum absolute atomic E-state index is 3.49. The lowest BCUT2D eigenvalue weighted by Gasteiger charge is -1.90. The van der Waals surface area contributed by atoms with Crippen molar-refractivity contribution < 1.29 is 11.2 Å². The van der Waals surface area contributed by atoms with Crippen LogP contribution in [0.5, 0.6) is 0 Å². The van der Waals surface area contributed by atoms with Crippen molar-refractivity contribution in [2.45, 2.75) is 6.92 Å². The molecule has 4 N–H and O–H groups in total. The van der Waals surface area contributed by atoms with Crippen LogP contribution in [-0.4, -0.2) is 38.1 Å². The Morgan fingerprint density at radius 2 is 1.25 bits per heavy atom. The lowest BCUT2D eigenvalue weighted by Crippen LogP contribution is -2.48. The minimum atomic E-state index is 0. The zero-order valence-corrected chi connectivity index (χ0v) is 6.31. The van der Waals surface area contributed by atoms with E-state index in [1.165, 1.54) is 0 Å². The van der Waals surface area contributed by atoms with Crippen molar-refractivity contribution in [1.29, 1.82) is 0 Å². The number of hydrogen-bond acceptors (Lipinski definition) is 2. The van der Waals surface area contributed by atoms with Gasteiger partial charge in [0, 0.05) is 0 Å². The third-order valence-corrected chi connectivity index (χ3v) is 0. The second-order valence-corrected chi connectivity index (χ2v) is 1.84. The average Bonchev–Trinajstić information content (AvgIpc) is 1.33. The fourth-order valence-electron chi connectivity index (χ4n) is 0. The Hall–Kier alpha value is -0.120. The second kappa shape index (κ2) is 15.8. The first-order valence-electron chi connectivity index (χ1n) is 2.55. The molecule has 0 radical (unpaired) electrons. The zero-order chi connectivity index (χ0) is 6.28. The number of hydrogen-bond donors (Lipinski definition) is 1. The van der Waals surface area contributed by atoms with Gasteiger partial charge in [-0.05, 0) is 28.1 Å². The molecule has 0 aliphatic carbocycles. The van der Waals surface area contributed by atoms with E-state index in [-0.39, 0.29) is 5.48 Å². The molecule has 0 aliphatic rings. The highest BCUT2D eigenvalue weighted by Gasteiger charge is 1.58. The van der Waals surface area contributed by atoms with Crippen LogP contribution in [0.25, 0.3) is 0 Å². The summed E-state index contributed by atoms with van der Waals surface area (Å²) in [7, 11) is 6.00. The van der Waals surface area contributed by atoms with Gasteiger partial charge in [-0.2, -0.15) is 0 Å². The Kier molecular flexibility index (Phi) is 30.9. The molecule has 0 aromatic carbocycles. The Labute approximate surface area is 51.8 Å². The highest BCUT2D eigenvalue weighted by Crippen LogP contribution is 1.47. The molecule has 0 saturated carbocycles. The predicted molar refractivity (Wildman–Crippen MR) is 35.0 cm³/mol. The van der Waals surface area contributed by atoms with Crippen LogP contribution >= 0.6 is 0 Å². The molecule has 3 heteroatoms. The Balaban J connectivity index is -0.0000000575.